The number of sulfone groups is 1. The van der Waals surface area contributed by atoms with Crippen LogP contribution in [0, 0.1) is 0 Å². The van der Waals surface area contributed by atoms with Gasteiger partial charge in [0.25, 0.3) is 15.7 Å². The highest BCUT2D eigenvalue weighted by molar-refractivity contribution is 7.92. The van der Waals surface area contributed by atoms with E-state index in [1.165, 1.54) is 44.2 Å². The molecular formula is C25H29F3N2O3S. The molecule has 3 aromatic rings. The van der Waals surface area contributed by atoms with Gasteiger partial charge in [0, 0.05) is 12.0 Å². The summed E-state index contributed by atoms with van der Waals surface area (Å²) in [7, 11) is -5.32. The third kappa shape index (κ3) is 6.91. The highest BCUT2D eigenvalue weighted by atomic mass is 32.2. The molecule has 0 aliphatic carbocycles. The molecule has 1 heterocycles. The molecule has 3 rings (SSSR count). The molecule has 0 saturated heterocycles. The van der Waals surface area contributed by atoms with E-state index in [9.17, 15) is 21.6 Å². The normalized spacial score (nSPS) is 12.2. The van der Waals surface area contributed by atoms with Gasteiger partial charge in [0.05, 0.1) is 4.90 Å². The van der Waals surface area contributed by atoms with Crippen LogP contribution >= 0.6 is 0 Å². The highest BCUT2D eigenvalue weighted by Crippen LogP contribution is 2.30. The molecule has 0 aliphatic heterocycles. The van der Waals surface area contributed by atoms with Crippen LogP contribution in [0.1, 0.15) is 62.4 Å². The second-order valence-electron chi connectivity index (χ2n) is 8.32. The fourth-order valence-electron chi connectivity index (χ4n) is 3.61. The zero-order chi connectivity index (χ0) is 24.6. The van der Waals surface area contributed by atoms with Crippen molar-refractivity contribution in [2.75, 3.05) is 0 Å². The number of hydrogen-bond donors (Lipinski definition) is 0. The van der Waals surface area contributed by atoms with E-state index < -0.39 is 20.2 Å². The molecule has 0 radical (unpaired) electrons. The Bertz CT molecular complexity index is 1140. The van der Waals surface area contributed by atoms with Crippen molar-refractivity contribution in [2.24, 2.45) is 0 Å². The second-order valence-corrected chi connectivity index (χ2v) is 10.3. The first-order valence-electron chi connectivity index (χ1n) is 11.5. The average molecular weight is 495 g/mol. The van der Waals surface area contributed by atoms with Gasteiger partial charge in [-0.1, -0.05) is 68.4 Å². The summed E-state index contributed by atoms with van der Waals surface area (Å²) < 4.78 is 66.2. The van der Waals surface area contributed by atoms with E-state index in [4.69, 9.17) is 4.52 Å². The molecule has 0 unspecified atom stereocenters. The van der Waals surface area contributed by atoms with Crippen molar-refractivity contribution in [2.45, 2.75) is 75.1 Å². The molecule has 0 amide bonds. The first-order chi connectivity index (χ1) is 16.2. The maximum atomic E-state index is 12.6. The Labute approximate surface area is 198 Å². The van der Waals surface area contributed by atoms with Crippen LogP contribution in [0.3, 0.4) is 0 Å². The van der Waals surface area contributed by atoms with Crippen LogP contribution in [0.2, 0.25) is 0 Å². The third-order valence-electron chi connectivity index (χ3n) is 5.66. The zero-order valence-electron chi connectivity index (χ0n) is 19.1. The van der Waals surface area contributed by atoms with E-state index in [1.54, 1.807) is 0 Å². The first kappa shape index (κ1) is 25.9. The van der Waals surface area contributed by atoms with Crippen molar-refractivity contribution < 1.29 is 26.1 Å². The second kappa shape index (κ2) is 11.6. The Hall–Kier alpha value is -2.68. The molecule has 0 spiro atoms. The van der Waals surface area contributed by atoms with Crippen LogP contribution in [0.4, 0.5) is 13.2 Å². The topological polar surface area (TPSA) is 73.1 Å². The minimum absolute atomic E-state index is 0.481. The lowest BCUT2D eigenvalue weighted by Crippen LogP contribution is -2.23. The predicted molar refractivity (Wildman–Crippen MR) is 124 cm³/mol. The number of halogens is 3. The van der Waals surface area contributed by atoms with Gasteiger partial charge in [-0.25, -0.2) is 8.42 Å². The zero-order valence-corrected chi connectivity index (χ0v) is 20.0. The van der Waals surface area contributed by atoms with E-state index in [0.717, 1.165) is 41.7 Å². The molecule has 0 N–H and O–H groups in total. The van der Waals surface area contributed by atoms with Gasteiger partial charge in [-0.2, -0.15) is 18.2 Å². The first-order valence-corrected chi connectivity index (χ1v) is 13.0. The van der Waals surface area contributed by atoms with Gasteiger partial charge >= 0.3 is 5.51 Å². The van der Waals surface area contributed by atoms with Crippen LogP contribution < -0.4 is 0 Å². The molecule has 0 saturated carbocycles. The van der Waals surface area contributed by atoms with Crippen molar-refractivity contribution in [1.82, 2.24) is 10.1 Å². The van der Waals surface area contributed by atoms with Crippen molar-refractivity contribution in [1.29, 1.82) is 0 Å². The molecule has 34 heavy (non-hydrogen) atoms. The summed E-state index contributed by atoms with van der Waals surface area (Å²) in [6.45, 7) is 2.20. The fourth-order valence-corrected chi connectivity index (χ4v) is 4.37. The van der Waals surface area contributed by atoms with E-state index >= 15 is 0 Å². The molecule has 5 nitrogen and oxygen atoms in total. The fraction of sp³-hybridized carbons (Fsp3) is 0.440. The maximum Gasteiger partial charge on any atom is 0.501 e. The Morgan fingerprint density at radius 3 is 1.94 bits per heavy atom. The quantitative estimate of drug-likeness (QED) is 0.261. The average Bonchev–Trinajstić information content (AvgIpc) is 3.29. The van der Waals surface area contributed by atoms with Gasteiger partial charge < -0.3 is 4.52 Å². The number of benzene rings is 2. The molecular weight excluding hydrogens is 465 g/mol. The molecule has 184 valence electrons. The molecule has 0 aliphatic rings. The van der Waals surface area contributed by atoms with E-state index in [2.05, 4.69) is 17.1 Å². The third-order valence-corrected chi connectivity index (χ3v) is 7.17. The van der Waals surface area contributed by atoms with Gasteiger partial charge in [-0.3, -0.25) is 0 Å². The van der Waals surface area contributed by atoms with Crippen LogP contribution in [0.15, 0.2) is 57.9 Å². The van der Waals surface area contributed by atoms with E-state index in [-0.39, 0.29) is 0 Å². The number of nitrogens with zero attached hydrogens (tertiary/aromatic N) is 2. The molecule has 0 atom stereocenters. The molecule has 2 aromatic carbocycles. The van der Waals surface area contributed by atoms with Crippen LogP contribution in [-0.4, -0.2) is 24.1 Å². The van der Waals surface area contributed by atoms with Gasteiger partial charge in [0.2, 0.25) is 0 Å². The van der Waals surface area contributed by atoms with E-state index in [0.29, 0.717) is 24.6 Å². The molecule has 1 aromatic heterocycles. The Morgan fingerprint density at radius 1 is 0.794 bits per heavy atom. The van der Waals surface area contributed by atoms with Gasteiger partial charge in [0.1, 0.15) is 0 Å². The van der Waals surface area contributed by atoms with Crippen molar-refractivity contribution >= 4 is 9.84 Å². The lowest BCUT2D eigenvalue weighted by Gasteiger charge is -2.09. The van der Waals surface area contributed by atoms with Gasteiger partial charge in [0.15, 0.2) is 5.82 Å². The van der Waals surface area contributed by atoms with Crippen LogP contribution in [0.25, 0.3) is 11.5 Å². The molecule has 9 heteroatoms. The number of alkyl halides is 3. The Balaban J connectivity index is 1.50. The maximum absolute atomic E-state index is 12.6. The summed E-state index contributed by atoms with van der Waals surface area (Å²) in [6, 6.07) is 12.5. The Kier molecular flexibility index (Phi) is 8.88. The van der Waals surface area contributed by atoms with Crippen molar-refractivity contribution in [3.05, 3.63) is 65.5 Å². The smallest absolute Gasteiger partial charge is 0.334 e. The lowest BCUT2D eigenvalue weighted by atomic mass is 10.0. The lowest BCUT2D eigenvalue weighted by molar-refractivity contribution is -0.0436. The number of aryl methyl sites for hydroxylation is 3. The largest absolute Gasteiger partial charge is 0.501 e. The molecule has 0 fully saturated rings. The monoisotopic (exact) mass is 494 g/mol. The Morgan fingerprint density at radius 2 is 1.35 bits per heavy atom. The minimum Gasteiger partial charge on any atom is -0.334 e. The SMILES string of the molecule is CCCCCCCCc1noc(-c2ccc(CCc3ccc(S(=O)(=O)C(F)(F)F)cc3)cc2)n1. The summed E-state index contributed by atoms with van der Waals surface area (Å²) in [5.74, 6) is 1.19. The number of aromatic nitrogens is 2. The van der Waals surface area contributed by atoms with E-state index in [1.807, 2.05) is 24.3 Å². The van der Waals surface area contributed by atoms with Crippen LogP contribution in [-0.2, 0) is 29.1 Å². The van der Waals surface area contributed by atoms with Crippen molar-refractivity contribution in [3.63, 3.8) is 0 Å². The highest BCUT2D eigenvalue weighted by Gasteiger charge is 2.46. The number of rotatable bonds is 12. The predicted octanol–water partition coefficient (Wildman–Crippen LogP) is 6.72. The van der Waals surface area contributed by atoms with Gasteiger partial charge in [-0.15, -0.1) is 0 Å². The number of hydrogen-bond acceptors (Lipinski definition) is 5. The standard InChI is InChI=1S/C25H29F3N2O3S/c1-2-3-4-5-6-7-8-23-29-24(33-30-23)21-15-11-19(12-16-21)9-10-20-13-17-22(18-14-20)34(31,32)25(26,27)28/h11-18H,2-10H2,1H3. The van der Waals surface area contributed by atoms with Gasteiger partial charge in [-0.05, 0) is 54.7 Å². The minimum atomic E-state index is -5.32. The summed E-state index contributed by atoms with van der Waals surface area (Å²) in [6.07, 6.45) is 9.25. The number of unbranched alkanes of at least 4 members (excludes halogenated alkanes) is 5. The van der Waals surface area contributed by atoms with Crippen LogP contribution in [0.5, 0.6) is 0 Å². The summed E-state index contributed by atoms with van der Waals surface area (Å²) >= 11 is 0. The summed E-state index contributed by atoms with van der Waals surface area (Å²) in [5, 5.41) is 4.07. The van der Waals surface area contributed by atoms with Crippen molar-refractivity contribution in [3.8, 4) is 11.5 Å². The molecule has 0 bridgehead atoms. The summed E-state index contributed by atoms with van der Waals surface area (Å²) in [4.78, 5) is 3.73. The summed E-state index contributed by atoms with van der Waals surface area (Å²) in [5.41, 5.74) is -2.69.